The average Bonchev–Trinajstić information content (AvgIpc) is 3.33. The van der Waals surface area contributed by atoms with Crippen LogP contribution in [0.4, 0.5) is 0 Å². The van der Waals surface area contributed by atoms with Crippen molar-refractivity contribution in [3.05, 3.63) is 64.1 Å². The molecule has 1 fully saturated rings. The first-order chi connectivity index (χ1) is 15.7. The Morgan fingerprint density at radius 3 is 2.33 bits per heavy atom. The molecule has 0 amide bonds. The summed E-state index contributed by atoms with van der Waals surface area (Å²) in [6, 6.07) is 12.1. The Labute approximate surface area is 195 Å². The van der Waals surface area contributed by atoms with E-state index in [-0.39, 0.29) is 10.8 Å². The molecule has 33 heavy (non-hydrogen) atoms. The second-order valence-corrected chi connectivity index (χ2v) is 12.9. The van der Waals surface area contributed by atoms with Gasteiger partial charge in [-0.2, -0.15) is 0 Å². The second-order valence-electron chi connectivity index (χ2n) is 9.14. The number of rotatable bonds is 6. The van der Waals surface area contributed by atoms with Crippen LogP contribution in [-0.2, 0) is 39.5 Å². The molecule has 9 heteroatoms. The molecule has 176 valence electrons. The Bertz CT molecular complexity index is 1290. The Morgan fingerprint density at radius 1 is 1.03 bits per heavy atom. The zero-order valence-electron chi connectivity index (χ0n) is 18.6. The van der Waals surface area contributed by atoms with E-state index in [0.717, 1.165) is 24.2 Å². The maximum Gasteiger partial charge on any atom is 0.211 e. The smallest absolute Gasteiger partial charge is 0.211 e. The topological polar surface area (TPSA) is 84.0 Å². The van der Waals surface area contributed by atoms with E-state index >= 15 is 0 Å². The molecule has 0 bridgehead atoms. The van der Waals surface area contributed by atoms with E-state index < -0.39 is 19.9 Å². The number of hydrogen-bond acceptors (Lipinski definition) is 6. The lowest BCUT2D eigenvalue weighted by atomic mass is 9.99. The first kappa shape index (κ1) is 22.6. The molecule has 3 aliphatic heterocycles. The molecule has 1 saturated heterocycles. The number of nitrogens with zero attached hydrogens (tertiary/aromatic N) is 2. The van der Waals surface area contributed by atoms with Crippen LogP contribution < -0.4 is 4.74 Å². The van der Waals surface area contributed by atoms with Crippen LogP contribution in [0.1, 0.15) is 35.1 Å². The highest BCUT2D eigenvalue weighted by Gasteiger charge is 2.30. The molecule has 5 rings (SSSR count). The van der Waals surface area contributed by atoms with Crippen LogP contribution in [-0.4, -0.2) is 52.0 Å². The summed E-state index contributed by atoms with van der Waals surface area (Å²) in [5, 5.41) is 1.26. The van der Waals surface area contributed by atoms with Gasteiger partial charge >= 0.3 is 0 Å². The molecule has 0 N–H and O–H groups in total. The SMILES string of the molecule is CS(=O)(=O)N1CCC(COc2ccc(CN3Cc4ccccc4C3)c3c2S(=O)(=O)C=C3)CC1. The molecule has 0 spiro atoms. The molecule has 0 atom stereocenters. The molecular weight excluding hydrogens is 460 g/mol. The average molecular weight is 489 g/mol. The van der Waals surface area contributed by atoms with E-state index in [1.54, 1.807) is 12.1 Å². The lowest BCUT2D eigenvalue weighted by Gasteiger charge is -2.30. The van der Waals surface area contributed by atoms with Gasteiger partial charge in [-0.1, -0.05) is 30.3 Å². The largest absolute Gasteiger partial charge is 0.492 e. The van der Waals surface area contributed by atoms with Crippen LogP contribution in [0, 0.1) is 5.92 Å². The summed E-state index contributed by atoms with van der Waals surface area (Å²) < 4.78 is 56.5. The van der Waals surface area contributed by atoms with E-state index in [0.29, 0.717) is 44.8 Å². The standard InChI is InChI=1S/C24H28N2O5S2/c1-32(27,28)26-11-8-18(9-12-26)17-31-23-7-6-21(22-10-13-33(29,30)24(22)23)16-25-14-19-4-2-3-5-20(19)15-25/h2-7,10,13,18H,8-9,11-12,14-17H2,1H3. The number of benzene rings is 2. The first-order valence-electron chi connectivity index (χ1n) is 11.2. The zero-order chi connectivity index (χ0) is 23.2. The van der Waals surface area contributed by atoms with Gasteiger partial charge in [0.15, 0.2) is 0 Å². The Hall–Kier alpha value is -2.20. The fourth-order valence-corrected chi connectivity index (χ4v) is 7.18. The van der Waals surface area contributed by atoms with Crippen molar-refractivity contribution >= 4 is 25.9 Å². The van der Waals surface area contributed by atoms with Gasteiger partial charge in [-0.05, 0) is 47.6 Å². The lowest BCUT2D eigenvalue weighted by Crippen LogP contribution is -2.39. The summed E-state index contributed by atoms with van der Waals surface area (Å²) in [6.45, 7) is 3.70. The van der Waals surface area contributed by atoms with Gasteiger partial charge < -0.3 is 4.74 Å². The van der Waals surface area contributed by atoms with Crippen LogP contribution in [0.3, 0.4) is 0 Å². The summed E-state index contributed by atoms with van der Waals surface area (Å²) in [4.78, 5) is 2.57. The van der Waals surface area contributed by atoms with E-state index in [1.807, 2.05) is 18.2 Å². The quantitative estimate of drug-likeness (QED) is 0.622. The van der Waals surface area contributed by atoms with Gasteiger partial charge in [0.1, 0.15) is 10.6 Å². The first-order valence-corrected chi connectivity index (χ1v) is 14.6. The lowest BCUT2D eigenvalue weighted by molar-refractivity contribution is 0.183. The number of piperidine rings is 1. The Kier molecular flexibility index (Phi) is 5.84. The van der Waals surface area contributed by atoms with Crippen LogP contribution in [0.5, 0.6) is 5.75 Å². The van der Waals surface area contributed by atoms with Gasteiger partial charge in [-0.15, -0.1) is 0 Å². The van der Waals surface area contributed by atoms with Crippen LogP contribution in [0.2, 0.25) is 0 Å². The molecule has 2 aromatic rings. The summed E-state index contributed by atoms with van der Waals surface area (Å²) in [5.74, 6) is 0.576. The third kappa shape index (κ3) is 4.59. The summed E-state index contributed by atoms with van der Waals surface area (Å²) in [5.41, 5.74) is 4.33. The molecule has 0 aliphatic carbocycles. The molecule has 7 nitrogen and oxygen atoms in total. The third-order valence-corrected chi connectivity index (χ3v) is 9.55. The van der Waals surface area contributed by atoms with E-state index in [1.165, 1.54) is 27.1 Å². The summed E-state index contributed by atoms with van der Waals surface area (Å²) >= 11 is 0. The highest BCUT2D eigenvalue weighted by atomic mass is 32.2. The molecule has 0 radical (unpaired) electrons. The van der Waals surface area contributed by atoms with Gasteiger partial charge in [-0.25, -0.2) is 21.1 Å². The minimum absolute atomic E-state index is 0.193. The van der Waals surface area contributed by atoms with Gasteiger partial charge in [0, 0.05) is 43.7 Å². The minimum atomic E-state index is -3.54. The van der Waals surface area contributed by atoms with Gasteiger partial charge in [-0.3, -0.25) is 4.90 Å². The van der Waals surface area contributed by atoms with Crippen molar-refractivity contribution in [2.24, 2.45) is 5.92 Å². The van der Waals surface area contributed by atoms with Crippen molar-refractivity contribution in [1.29, 1.82) is 0 Å². The molecule has 3 aliphatic rings. The van der Waals surface area contributed by atoms with Crippen molar-refractivity contribution in [2.75, 3.05) is 26.0 Å². The van der Waals surface area contributed by atoms with Crippen LogP contribution in [0.15, 0.2) is 46.7 Å². The predicted octanol–water partition coefficient (Wildman–Crippen LogP) is 3.01. The summed E-state index contributed by atoms with van der Waals surface area (Å²) in [7, 11) is -6.71. The van der Waals surface area contributed by atoms with Crippen molar-refractivity contribution in [3.63, 3.8) is 0 Å². The van der Waals surface area contributed by atoms with Gasteiger partial charge in [0.25, 0.3) is 0 Å². The van der Waals surface area contributed by atoms with E-state index in [4.69, 9.17) is 4.74 Å². The van der Waals surface area contributed by atoms with Crippen LogP contribution in [0.25, 0.3) is 6.08 Å². The zero-order valence-corrected chi connectivity index (χ0v) is 20.2. The number of hydrogen-bond donors (Lipinski definition) is 0. The van der Waals surface area contributed by atoms with E-state index in [9.17, 15) is 16.8 Å². The maximum absolute atomic E-state index is 12.8. The molecule has 0 unspecified atom stereocenters. The highest BCUT2D eigenvalue weighted by Crippen LogP contribution is 2.39. The van der Waals surface area contributed by atoms with E-state index in [2.05, 4.69) is 17.0 Å². The van der Waals surface area contributed by atoms with Gasteiger partial charge in [0.2, 0.25) is 19.9 Å². The van der Waals surface area contributed by atoms with Crippen molar-refractivity contribution in [3.8, 4) is 5.75 Å². The normalized spacial score (nSPS) is 20.6. The van der Waals surface area contributed by atoms with Crippen molar-refractivity contribution in [2.45, 2.75) is 37.4 Å². The molecular formula is C24H28N2O5S2. The number of sulfone groups is 1. The second kappa shape index (κ2) is 8.54. The number of fused-ring (bicyclic) bond motifs is 2. The van der Waals surface area contributed by atoms with Crippen LogP contribution >= 0.6 is 0 Å². The molecule has 0 saturated carbocycles. The van der Waals surface area contributed by atoms with Crippen molar-refractivity contribution in [1.82, 2.24) is 9.21 Å². The molecule has 2 aromatic carbocycles. The molecule has 0 aromatic heterocycles. The minimum Gasteiger partial charge on any atom is -0.492 e. The molecule has 3 heterocycles. The number of sulfonamides is 1. The fraction of sp³-hybridized carbons (Fsp3) is 0.417. The van der Waals surface area contributed by atoms with Gasteiger partial charge in [0.05, 0.1) is 12.9 Å². The monoisotopic (exact) mass is 488 g/mol. The Morgan fingerprint density at radius 2 is 1.70 bits per heavy atom. The third-order valence-electron chi connectivity index (χ3n) is 6.77. The van der Waals surface area contributed by atoms with Crippen molar-refractivity contribution < 1.29 is 21.6 Å². The fourth-order valence-electron chi connectivity index (χ4n) is 4.95. The predicted molar refractivity (Wildman–Crippen MR) is 127 cm³/mol. The summed E-state index contributed by atoms with van der Waals surface area (Å²) in [6.07, 6.45) is 4.32. The maximum atomic E-state index is 12.8. The highest BCUT2D eigenvalue weighted by molar-refractivity contribution is 7.95. The Balaban J connectivity index is 1.30. The number of ether oxygens (including phenoxy) is 1.